The molecule has 0 atom stereocenters. The Balaban J connectivity index is 1.62. The van der Waals surface area contributed by atoms with Gasteiger partial charge in [-0.25, -0.2) is 0 Å². The van der Waals surface area contributed by atoms with Gasteiger partial charge < -0.3 is 19.1 Å². The van der Waals surface area contributed by atoms with Gasteiger partial charge in [0.2, 0.25) is 0 Å². The van der Waals surface area contributed by atoms with Crippen molar-refractivity contribution in [3.8, 4) is 5.75 Å². The number of ether oxygens (including phenoxy) is 3. The minimum atomic E-state index is -1.44. The molecule has 142 valence electrons. The number of rotatable bonds is 4. The number of aryl methyl sites for hydroxylation is 1. The first-order valence-electron chi connectivity index (χ1n) is 8.81. The molecule has 0 unspecified atom stereocenters. The van der Waals surface area contributed by atoms with E-state index in [2.05, 4.69) is 0 Å². The Morgan fingerprint density at radius 2 is 1.89 bits per heavy atom. The summed E-state index contributed by atoms with van der Waals surface area (Å²) in [6.07, 6.45) is 0.738. The molecule has 1 fully saturated rings. The third kappa shape index (κ3) is 3.09. The highest BCUT2D eigenvalue weighted by molar-refractivity contribution is 6.44. The predicted molar refractivity (Wildman–Crippen MR) is 104 cm³/mol. The fraction of sp³-hybridized carbons (Fsp3) is 0.350. The Morgan fingerprint density at radius 3 is 2.63 bits per heavy atom. The molecule has 1 saturated heterocycles. The fourth-order valence-corrected chi connectivity index (χ4v) is 3.87. The number of benzene rings is 2. The van der Waals surface area contributed by atoms with Crippen molar-refractivity contribution < 1.29 is 19.0 Å². The predicted octanol–water partition coefficient (Wildman–Crippen LogP) is 4.32. The van der Waals surface area contributed by atoms with Crippen LogP contribution in [0, 0.1) is 6.92 Å². The van der Waals surface area contributed by atoms with E-state index in [0.29, 0.717) is 47.7 Å². The molecular formula is C20H19Cl2NO4. The van der Waals surface area contributed by atoms with Gasteiger partial charge in [0.1, 0.15) is 12.4 Å². The van der Waals surface area contributed by atoms with Gasteiger partial charge in [0.25, 0.3) is 11.7 Å². The van der Waals surface area contributed by atoms with Crippen molar-refractivity contribution in [3.63, 3.8) is 0 Å². The highest BCUT2D eigenvalue weighted by Gasteiger charge is 2.55. The molecule has 0 N–H and O–H groups in total. The van der Waals surface area contributed by atoms with E-state index in [4.69, 9.17) is 37.4 Å². The van der Waals surface area contributed by atoms with Crippen molar-refractivity contribution >= 4 is 34.8 Å². The highest BCUT2D eigenvalue weighted by atomic mass is 35.5. The van der Waals surface area contributed by atoms with Crippen LogP contribution >= 0.6 is 23.2 Å². The van der Waals surface area contributed by atoms with E-state index in [-0.39, 0.29) is 5.91 Å². The largest absolute Gasteiger partial charge is 0.491 e. The normalized spacial score (nSPS) is 18.0. The van der Waals surface area contributed by atoms with Crippen molar-refractivity contribution in [1.29, 1.82) is 0 Å². The van der Waals surface area contributed by atoms with E-state index in [1.54, 1.807) is 17.0 Å². The van der Waals surface area contributed by atoms with Crippen LogP contribution < -0.4 is 9.64 Å². The summed E-state index contributed by atoms with van der Waals surface area (Å²) in [4.78, 5) is 14.8. The van der Waals surface area contributed by atoms with Crippen LogP contribution in [-0.4, -0.2) is 32.3 Å². The van der Waals surface area contributed by atoms with Crippen LogP contribution in [0.2, 0.25) is 10.0 Å². The van der Waals surface area contributed by atoms with Gasteiger partial charge >= 0.3 is 0 Å². The summed E-state index contributed by atoms with van der Waals surface area (Å²) >= 11 is 12.6. The number of para-hydroxylation sites is 1. The molecule has 0 aliphatic carbocycles. The zero-order chi connectivity index (χ0) is 19.0. The Bertz CT molecular complexity index is 880. The summed E-state index contributed by atoms with van der Waals surface area (Å²) in [5.74, 6) is -0.957. The van der Waals surface area contributed by atoms with Crippen LogP contribution in [0.3, 0.4) is 0 Å². The summed E-state index contributed by atoms with van der Waals surface area (Å²) < 4.78 is 17.5. The zero-order valence-corrected chi connectivity index (χ0v) is 16.3. The Hall–Kier alpha value is -1.79. The van der Waals surface area contributed by atoms with Gasteiger partial charge in [-0.15, -0.1) is 0 Å². The van der Waals surface area contributed by atoms with E-state index in [1.807, 2.05) is 31.2 Å². The van der Waals surface area contributed by atoms with Gasteiger partial charge in [-0.05, 0) is 37.1 Å². The lowest BCUT2D eigenvalue weighted by Gasteiger charge is -2.32. The lowest BCUT2D eigenvalue weighted by atomic mass is 10.1. The topological polar surface area (TPSA) is 48.0 Å². The second kappa shape index (κ2) is 7.32. The van der Waals surface area contributed by atoms with E-state index in [1.165, 1.54) is 0 Å². The highest BCUT2D eigenvalue weighted by Crippen LogP contribution is 2.50. The standard InChI is InChI=1S/C20H19Cl2NO4/c1-13-5-2-3-6-16(13)25-12-9-23-18-14(7-8-15(21)17(18)22)20(19(23)24)26-10-4-11-27-20/h2-3,5-8H,4,9-12H2,1H3. The molecule has 2 aliphatic rings. The van der Waals surface area contributed by atoms with Crippen molar-refractivity contribution in [2.75, 3.05) is 31.3 Å². The molecular weight excluding hydrogens is 389 g/mol. The fourth-order valence-electron chi connectivity index (χ4n) is 3.45. The lowest BCUT2D eigenvalue weighted by Crippen LogP contribution is -2.48. The molecule has 1 amide bonds. The first-order valence-corrected chi connectivity index (χ1v) is 9.57. The average molecular weight is 408 g/mol. The second-order valence-electron chi connectivity index (χ2n) is 6.50. The van der Waals surface area contributed by atoms with Gasteiger partial charge in [-0.2, -0.15) is 0 Å². The van der Waals surface area contributed by atoms with Crippen LogP contribution in [-0.2, 0) is 20.1 Å². The van der Waals surface area contributed by atoms with Crippen LogP contribution in [0.4, 0.5) is 5.69 Å². The third-order valence-corrected chi connectivity index (χ3v) is 5.58. The number of amides is 1. The Kier molecular flexibility index (Phi) is 5.03. The van der Waals surface area contributed by atoms with Gasteiger partial charge in [0.05, 0.1) is 35.5 Å². The van der Waals surface area contributed by atoms with E-state index < -0.39 is 5.79 Å². The summed E-state index contributed by atoms with van der Waals surface area (Å²) in [6.45, 7) is 3.46. The number of anilines is 1. The number of carbonyl (C=O) groups excluding carboxylic acids is 1. The maximum absolute atomic E-state index is 13.2. The molecule has 2 heterocycles. The first kappa shape index (κ1) is 18.6. The quantitative estimate of drug-likeness (QED) is 0.756. The van der Waals surface area contributed by atoms with Crippen molar-refractivity contribution in [3.05, 3.63) is 57.6 Å². The zero-order valence-electron chi connectivity index (χ0n) is 14.8. The Morgan fingerprint density at radius 1 is 1.15 bits per heavy atom. The molecule has 2 aromatic rings. The van der Waals surface area contributed by atoms with Gasteiger partial charge in [0, 0.05) is 5.56 Å². The number of halogens is 2. The van der Waals surface area contributed by atoms with Crippen molar-refractivity contribution in [1.82, 2.24) is 0 Å². The summed E-state index contributed by atoms with van der Waals surface area (Å²) in [7, 11) is 0. The van der Waals surface area contributed by atoms with E-state index >= 15 is 0 Å². The SMILES string of the molecule is Cc1ccccc1OCCN1C(=O)C2(OCCCO2)c2ccc(Cl)c(Cl)c21. The maximum atomic E-state index is 13.2. The summed E-state index contributed by atoms with van der Waals surface area (Å²) in [5.41, 5.74) is 2.16. The number of fused-ring (bicyclic) bond motifs is 2. The molecule has 2 aromatic carbocycles. The number of carbonyl (C=O) groups is 1. The summed E-state index contributed by atoms with van der Waals surface area (Å²) in [5, 5.41) is 0.689. The van der Waals surface area contributed by atoms with E-state index in [9.17, 15) is 4.79 Å². The van der Waals surface area contributed by atoms with Crippen molar-refractivity contribution in [2.24, 2.45) is 0 Å². The first-order chi connectivity index (χ1) is 13.0. The van der Waals surface area contributed by atoms with Crippen LogP contribution in [0.25, 0.3) is 0 Å². The molecule has 0 radical (unpaired) electrons. The van der Waals surface area contributed by atoms with Gasteiger partial charge in [-0.1, -0.05) is 41.4 Å². The molecule has 0 aromatic heterocycles. The Labute approximate surface area is 167 Å². The second-order valence-corrected chi connectivity index (χ2v) is 7.28. The number of hydrogen-bond donors (Lipinski definition) is 0. The molecule has 7 heteroatoms. The molecule has 1 spiro atoms. The molecule has 5 nitrogen and oxygen atoms in total. The minimum absolute atomic E-state index is 0.297. The molecule has 0 saturated carbocycles. The molecule has 4 rings (SSSR count). The molecule has 27 heavy (non-hydrogen) atoms. The smallest absolute Gasteiger partial charge is 0.292 e. The van der Waals surface area contributed by atoms with Crippen LogP contribution in [0.5, 0.6) is 5.75 Å². The monoisotopic (exact) mass is 407 g/mol. The number of nitrogens with zero attached hydrogens (tertiary/aromatic N) is 1. The lowest BCUT2D eigenvalue weighted by molar-refractivity contribution is -0.256. The van der Waals surface area contributed by atoms with Crippen LogP contribution in [0.15, 0.2) is 36.4 Å². The summed E-state index contributed by atoms with van der Waals surface area (Å²) in [6, 6.07) is 11.1. The minimum Gasteiger partial charge on any atom is -0.491 e. The maximum Gasteiger partial charge on any atom is 0.292 e. The van der Waals surface area contributed by atoms with E-state index in [0.717, 1.165) is 17.7 Å². The van der Waals surface area contributed by atoms with Gasteiger partial charge in [0.15, 0.2) is 0 Å². The number of hydrogen-bond acceptors (Lipinski definition) is 4. The van der Waals surface area contributed by atoms with Crippen molar-refractivity contribution in [2.45, 2.75) is 19.1 Å². The molecule has 0 bridgehead atoms. The van der Waals surface area contributed by atoms with Gasteiger partial charge in [-0.3, -0.25) is 4.79 Å². The molecule has 2 aliphatic heterocycles. The average Bonchev–Trinajstić information content (AvgIpc) is 2.90. The third-order valence-electron chi connectivity index (χ3n) is 4.79. The van der Waals surface area contributed by atoms with Crippen LogP contribution in [0.1, 0.15) is 17.5 Å².